The Labute approximate surface area is 162 Å². The third kappa shape index (κ3) is 3.59. The van der Waals surface area contributed by atoms with Gasteiger partial charge in [-0.05, 0) is 38.1 Å². The minimum atomic E-state index is -0.439. The summed E-state index contributed by atoms with van der Waals surface area (Å²) in [6, 6.07) is 9.27. The van der Waals surface area contributed by atoms with Gasteiger partial charge in [0.05, 0.1) is 12.3 Å². The van der Waals surface area contributed by atoms with Crippen LogP contribution in [0.1, 0.15) is 23.0 Å². The third-order valence-corrected chi connectivity index (χ3v) is 4.01. The highest BCUT2D eigenvalue weighted by molar-refractivity contribution is 6.05. The summed E-state index contributed by atoms with van der Waals surface area (Å²) >= 11 is 0. The summed E-state index contributed by atoms with van der Waals surface area (Å²) in [7, 11) is 0. The molecule has 1 aromatic carbocycles. The fourth-order valence-electron chi connectivity index (χ4n) is 2.79. The first-order chi connectivity index (χ1) is 12.7. The molecule has 0 bridgehead atoms. The molecule has 3 aromatic rings. The van der Waals surface area contributed by atoms with E-state index < -0.39 is 5.97 Å². The lowest BCUT2D eigenvalue weighted by molar-refractivity contribution is 0.0527. The predicted octanol–water partition coefficient (Wildman–Crippen LogP) is 4.01. The molecule has 1 aliphatic heterocycles. The lowest BCUT2D eigenvalue weighted by Gasteiger charge is -2.14. The van der Waals surface area contributed by atoms with Crippen molar-refractivity contribution in [3.8, 4) is 11.5 Å². The second-order valence-corrected chi connectivity index (χ2v) is 5.78. The molecule has 0 fully saturated rings. The second-order valence-electron chi connectivity index (χ2n) is 5.78. The number of carbonyl (C=O) groups excluding carboxylic acids is 1. The Balaban J connectivity index is 0.00000210. The van der Waals surface area contributed by atoms with Crippen LogP contribution in [0.25, 0.3) is 11.0 Å². The molecule has 4 rings (SSSR count). The van der Waals surface area contributed by atoms with Gasteiger partial charge in [-0.15, -0.1) is 12.4 Å². The first kappa shape index (κ1) is 18.7. The minimum Gasteiger partial charge on any atom is -0.462 e. The average Bonchev–Trinajstić information content (AvgIpc) is 3.09. The largest absolute Gasteiger partial charge is 0.462 e. The van der Waals surface area contributed by atoms with Gasteiger partial charge in [-0.25, -0.2) is 14.8 Å². The molecule has 0 radical (unpaired) electrons. The molecule has 8 heteroatoms. The number of nitrogens with zero attached hydrogens (tertiary/aromatic N) is 2. The van der Waals surface area contributed by atoms with Crippen molar-refractivity contribution in [2.45, 2.75) is 13.8 Å². The second kappa shape index (κ2) is 7.67. The van der Waals surface area contributed by atoms with Crippen LogP contribution in [0.2, 0.25) is 0 Å². The maximum absolute atomic E-state index is 12.4. The number of aromatic nitrogens is 2. The number of nitrogens with one attached hydrogen (secondary N) is 1. The molecule has 0 saturated heterocycles. The number of benzene rings is 1. The molecular weight excluding hydrogens is 370 g/mol. The molecule has 0 saturated carbocycles. The van der Waals surface area contributed by atoms with Crippen LogP contribution in [0.15, 0.2) is 36.5 Å². The Morgan fingerprint density at radius 2 is 2.04 bits per heavy atom. The molecule has 140 valence electrons. The molecule has 1 N–H and O–H groups in total. The lowest BCUT2D eigenvalue weighted by Crippen LogP contribution is -2.09. The zero-order chi connectivity index (χ0) is 18.1. The summed E-state index contributed by atoms with van der Waals surface area (Å²) in [5.41, 5.74) is 3.11. The SMILES string of the molecule is CCOC(=O)c1cnc2nc(C)ccc2c1Nc1ccc2c(c1)OCO2.Cl. The van der Waals surface area contributed by atoms with Gasteiger partial charge in [0.25, 0.3) is 0 Å². The number of esters is 1. The van der Waals surface area contributed by atoms with Gasteiger partial charge >= 0.3 is 5.97 Å². The lowest BCUT2D eigenvalue weighted by atomic mass is 10.1. The molecule has 27 heavy (non-hydrogen) atoms. The minimum absolute atomic E-state index is 0. The molecule has 7 nitrogen and oxygen atoms in total. The van der Waals surface area contributed by atoms with Crippen molar-refractivity contribution in [1.29, 1.82) is 0 Å². The average molecular weight is 388 g/mol. The molecule has 0 atom stereocenters. The summed E-state index contributed by atoms with van der Waals surface area (Å²) in [5, 5.41) is 4.02. The van der Waals surface area contributed by atoms with Crippen LogP contribution in [0.5, 0.6) is 11.5 Å². The fourth-order valence-corrected chi connectivity index (χ4v) is 2.79. The number of rotatable bonds is 4. The van der Waals surface area contributed by atoms with Crippen molar-refractivity contribution in [3.63, 3.8) is 0 Å². The highest BCUT2D eigenvalue weighted by atomic mass is 35.5. The van der Waals surface area contributed by atoms with Gasteiger partial charge in [0.1, 0.15) is 5.56 Å². The Hall–Kier alpha value is -3.06. The van der Waals surface area contributed by atoms with Gasteiger partial charge in [-0.1, -0.05) is 0 Å². The summed E-state index contributed by atoms with van der Waals surface area (Å²) < 4.78 is 15.9. The van der Waals surface area contributed by atoms with E-state index in [1.807, 2.05) is 37.3 Å². The van der Waals surface area contributed by atoms with Crippen molar-refractivity contribution in [3.05, 3.63) is 47.8 Å². The molecule has 0 spiro atoms. The monoisotopic (exact) mass is 387 g/mol. The van der Waals surface area contributed by atoms with E-state index in [-0.39, 0.29) is 25.8 Å². The Bertz CT molecular complexity index is 1010. The van der Waals surface area contributed by atoms with Crippen LogP contribution in [0.4, 0.5) is 11.4 Å². The summed E-state index contributed by atoms with van der Waals surface area (Å²) in [6.07, 6.45) is 1.49. The highest BCUT2D eigenvalue weighted by Crippen LogP contribution is 2.36. The molecule has 0 amide bonds. The van der Waals surface area contributed by atoms with Crippen LogP contribution in [0, 0.1) is 6.92 Å². The number of aryl methyl sites for hydroxylation is 1. The van der Waals surface area contributed by atoms with Crippen LogP contribution in [-0.2, 0) is 4.74 Å². The van der Waals surface area contributed by atoms with Gasteiger partial charge in [0, 0.05) is 29.0 Å². The predicted molar refractivity (Wildman–Crippen MR) is 103 cm³/mol. The smallest absolute Gasteiger partial charge is 0.341 e. The first-order valence-corrected chi connectivity index (χ1v) is 8.26. The summed E-state index contributed by atoms with van der Waals surface area (Å²) in [5.74, 6) is 0.906. The number of fused-ring (bicyclic) bond motifs is 2. The fraction of sp³-hybridized carbons (Fsp3) is 0.211. The highest BCUT2D eigenvalue weighted by Gasteiger charge is 2.19. The topological polar surface area (TPSA) is 82.6 Å². The van der Waals surface area contributed by atoms with Crippen molar-refractivity contribution in [1.82, 2.24) is 9.97 Å². The van der Waals surface area contributed by atoms with Crippen molar-refractivity contribution in [2.75, 3.05) is 18.7 Å². The summed E-state index contributed by atoms with van der Waals surface area (Å²) in [4.78, 5) is 21.1. The number of anilines is 2. The Morgan fingerprint density at radius 1 is 1.22 bits per heavy atom. The van der Waals surface area contributed by atoms with E-state index >= 15 is 0 Å². The molecular formula is C19H18ClN3O4. The van der Waals surface area contributed by atoms with E-state index in [2.05, 4.69) is 15.3 Å². The number of ether oxygens (including phenoxy) is 3. The van der Waals surface area contributed by atoms with Gasteiger partial charge in [0.15, 0.2) is 17.1 Å². The van der Waals surface area contributed by atoms with Gasteiger partial charge < -0.3 is 19.5 Å². The maximum atomic E-state index is 12.4. The van der Waals surface area contributed by atoms with Gasteiger partial charge in [-0.3, -0.25) is 0 Å². The van der Waals surface area contributed by atoms with Gasteiger partial charge in [-0.2, -0.15) is 0 Å². The number of carbonyl (C=O) groups is 1. The quantitative estimate of drug-likeness (QED) is 0.677. The summed E-state index contributed by atoms with van der Waals surface area (Å²) in [6.45, 7) is 4.15. The van der Waals surface area contributed by atoms with E-state index in [1.54, 1.807) is 6.92 Å². The molecule has 3 heterocycles. The van der Waals surface area contributed by atoms with E-state index in [0.717, 1.165) is 16.8 Å². The normalized spacial score (nSPS) is 11.8. The van der Waals surface area contributed by atoms with Crippen LogP contribution >= 0.6 is 12.4 Å². The molecule has 0 aliphatic carbocycles. The standard InChI is InChI=1S/C19H17N3O4.ClH/c1-3-24-19(23)14-9-20-18-13(6-4-11(2)21-18)17(14)22-12-5-7-15-16(8-12)26-10-25-15;/h4-9H,3,10H2,1-2H3,(H,20,21,22);1H. The van der Waals surface area contributed by atoms with Crippen molar-refractivity contribution in [2.24, 2.45) is 0 Å². The third-order valence-electron chi connectivity index (χ3n) is 4.01. The van der Waals surface area contributed by atoms with E-state index in [9.17, 15) is 4.79 Å². The van der Waals surface area contributed by atoms with E-state index in [0.29, 0.717) is 28.4 Å². The number of hydrogen-bond donors (Lipinski definition) is 1. The van der Waals surface area contributed by atoms with Crippen molar-refractivity contribution < 1.29 is 19.0 Å². The number of hydrogen-bond acceptors (Lipinski definition) is 7. The van der Waals surface area contributed by atoms with Crippen LogP contribution in [-0.4, -0.2) is 29.3 Å². The Kier molecular flexibility index (Phi) is 5.32. The van der Waals surface area contributed by atoms with Crippen molar-refractivity contribution >= 4 is 40.8 Å². The van der Waals surface area contributed by atoms with E-state index in [4.69, 9.17) is 14.2 Å². The molecule has 0 unspecified atom stereocenters. The number of pyridine rings is 2. The Morgan fingerprint density at radius 3 is 2.85 bits per heavy atom. The molecule has 2 aromatic heterocycles. The number of halogens is 1. The van der Waals surface area contributed by atoms with Crippen LogP contribution in [0.3, 0.4) is 0 Å². The first-order valence-electron chi connectivity index (χ1n) is 8.26. The van der Waals surface area contributed by atoms with Crippen LogP contribution < -0.4 is 14.8 Å². The van der Waals surface area contributed by atoms with E-state index in [1.165, 1.54) is 6.20 Å². The van der Waals surface area contributed by atoms with Gasteiger partial charge in [0.2, 0.25) is 6.79 Å². The maximum Gasteiger partial charge on any atom is 0.341 e. The zero-order valence-electron chi connectivity index (χ0n) is 14.8. The molecule has 1 aliphatic rings. The zero-order valence-corrected chi connectivity index (χ0v) is 15.6.